The van der Waals surface area contributed by atoms with E-state index in [4.69, 9.17) is 17.3 Å². The van der Waals surface area contributed by atoms with E-state index in [-0.39, 0.29) is 12.4 Å². The Balaban J connectivity index is 0.000000980. The number of halogens is 3. The fourth-order valence-corrected chi connectivity index (χ4v) is 1.81. The van der Waals surface area contributed by atoms with E-state index in [0.29, 0.717) is 10.7 Å². The van der Waals surface area contributed by atoms with Crippen LogP contribution in [0.25, 0.3) is 10.9 Å². The van der Waals surface area contributed by atoms with Crippen LogP contribution in [-0.4, -0.2) is 0 Å². The number of fused-ring (bicyclic) bond motifs is 1. The summed E-state index contributed by atoms with van der Waals surface area (Å²) in [6.45, 7) is 0. The monoisotopic (exact) mass is 293 g/mol. The summed E-state index contributed by atoms with van der Waals surface area (Å²) in [5, 5.41) is 1.69. The Hall–Kier alpha value is -0.510. The van der Waals surface area contributed by atoms with Crippen LogP contribution in [0.15, 0.2) is 28.9 Å². The molecule has 2 rings (SSSR count). The minimum atomic E-state index is 0. The van der Waals surface area contributed by atoms with E-state index in [1.54, 1.807) is 6.20 Å². The average Bonchev–Trinajstić information content (AvgIpc) is 2.12. The number of hydrogen-bond donors (Lipinski definition) is 1. The number of hydrogen-bond acceptors (Lipinski definition) is 1. The maximum atomic E-state index is 5.87. The summed E-state index contributed by atoms with van der Waals surface area (Å²) in [7, 11) is 0. The van der Waals surface area contributed by atoms with Gasteiger partial charge in [-0.15, -0.1) is 12.4 Å². The van der Waals surface area contributed by atoms with Crippen molar-refractivity contribution in [3.8, 4) is 0 Å². The molecule has 0 aliphatic carbocycles. The molecule has 0 bridgehead atoms. The molecule has 0 fully saturated rings. The lowest BCUT2D eigenvalue weighted by Gasteiger charge is -1.98. The number of H-pyrrole nitrogens is 1. The Morgan fingerprint density at radius 1 is 1.36 bits per heavy atom. The molecule has 3 N–H and O–H groups in total. The van der Waals surface area contributed by atoms with Gasteiger partial charge in [-0.1, -0.05) is 11.6 Å². The van der Waals surface area contributed by atoms with Crippen LogP contribution in [0.1, 0.15) is 0 Å². The van der Waals surface area contributed by atoms with Crippen LogP contribution >= 0.6 is 39.9 Å². The Morgan fingerprint density at radius 3 is 2.79 bits per heavy atom. The minimum absolute atomic E-state index is 0. The van der Waals surface area contributed by atoms with Crippen molar-refractivity contribution in [2.45, 2.75) is 0 Å². The van der Waals surface area contributed by atoms with Gasteiger partial charge >= 0.3 is 0 Å². The predicted molar refractivity (Wildman–Crippen MR) is 64.9 cm³/mol. The lowest BCUT2D eigenvalue weighted by molar-refractivity contribution is -0.343. The summed E-state index contributed by atoms with van der Waals surface area (Å²) >= 11 is 9.28. The maximum Gasteiger partial charge on any atom is 0.212 e. The zero-order chi connectivity index (χ0) is 9.42. The number of nitrogen functional groups attached to an aromatic ring is 1. The van der Waals surface area contributed by atoms with E-state index < -0.39 is 0 Å². The Kier molecular flexibility index (Phi) is 3.59. The van der Waals surface area contributed by atoms with Gasteiger partial charge in [0.05, 0.1) is 9.86 Å². The third kappa shape index (κ3) is 1.95. The first-order valence-electron chi connectivity index (χ1n) is 3.73. The first-order chi connectivity index (χ1) is 6.18. The minimum Gasteiger partial charge on any atom is -0.393 e. The number of benzene rings is 1. The first-order valence-corrected chi connectivity index (χ1v) is 4.90. The van der Waals surface area contributed by atoms with Gasteiger partial charge in [0.1, 0.15) is 5.69 Å². The number of pyridine rings is 1. The normalized spacial score (nSPS) is 9.86. The lowest BCUT2D eigenvalue weighted by Crippen LogP contribution is -2.05. The summed E-state index contributed by atoms with van der Waals surface area (Å²) < 4.78 is 0.878. The highest BCUT2D eigenvalue weighted by Crippen LogP contribution is 2.27. The summed E-state index contributed by atoms with van der Waals surface area (Å²) in [6.07, 6.45) is 1.75. The fraction of sp³-hybridized carbons (Fsp3) is 0. The number of nitrogens with one attached hydrogen (secondary N) is 1. The molecule has 0 radical (unpaired) electrons. The molecule has 0 aliphatic heterocycles. The summed E-state index contributed by atoms with van der Waals surface area (Å²) in [5.41, 5.74) is 7.40. The molecule has 1 heterocycles. The average molecular weight is 295 g/mol. The lowest BCUT2D eigenvalue weighted by atomic mass is 10.2. The van der Waals surface area contributed by atoms with Crippen molar-refractivity contribution < 1.29 is 4.98 Å². The smallest absolute Gasteiger partial charge is 0.212 e. The van der Waals surface area contributed by atoms with Crippen molar-refractivity contribution in [2.75, 3.05) is 5.73 Å². The van der Waals surface area contributed by atoms with Crippen molar-refractivity contribution in [3.05, 3.63) is 33.9 Å². The molecule has 0 aliphatic rings. The van der Waals surface area contributed by atoms with Crippen molar-refractivity contribution in [1.29, 1.82) is 0 Å². The topological polar surface area (TPSA) is 40.2 Å². The Labute approximate surface area is 101 Å². The summed E-state index contributed by atoms with van der Waals surface area (Å²) in [5.74, 6) is 0. The maximum absolute atomic E-state index is 5.87. The highest BCUT2D eigenvalue weighted by Gasteiger charge is 2.08. The van der Waals surface area contributed by atoms with E-state index in [2.05, 4.69) is 20.9 Å². The van der Waals surface area contributed by atoms with Crippen LogP contribution in [0.4, 0.5) is 5.69 Å². The molecule has 0 saturated heterocycles. The molecule has 5 heteroatoms. The second-order valence-corrected chi connectivity index (χ2v) is 3.98. The van der Waals surface area contributed by atoms with Gasteiger partial charge in [0.25, 0.3) is 0 Å². The van der Waals surface area contributed by atoms with Crippen molar-refractivity contribution >= 4 is 56.5 Å². The highest BCUT2D eigenvalue weighted by molar-refractivity contribution is 9.10. The Bertz CT molecular complexity index is 468. The number of aromatic amines is 1. The van der Waals surface area contributed by atoms with E-state index in [0.717, 1.165) is 15.4 Å². The molecule has 1 aromatic heterocycles. The molecular formula is C9H8BrCl2N2+. The number of nitrogens with two attached hydrogens (primary N) is 1. The van der Waals surface area contributed by atoms with Crippen LogP contribution < -0.4 is 10.7 Å². The van der Waals surface area contributed by atoms with Gasteiger partial charge in [0.2, 0.25) is 5.52 Å². The molecule has 2 aromatic rings. The van der Waals surface area contributed by atoms with Crippen molar-refractivity contribution in [2.24, 2.45) is 0 Å². The third-order valence-electron chi connectivity index (χ3n) is 1.85. The first kappa shape index (κ1) is 11.6. The van der Waals surface area contributed by atoms with Crippen LogP contribution in [0.2, 0.25) is 5.02 Å². The zero-order valence-corrected chi connectivity index (χ0v) is 10.2. The molecule has 0 spiro atoms. The molecule has 0 saturated carbocycles. The van der Waals surface area contributed by atoms with Gasteiger partial charge in [-0.25, -0.2) is 4.98 Å². The van der Waals surface area contributed by atoms with Gasteiger partial charge in [-0.2, -0.15) is 0 Å². The molecule has 14 heavy (non-hydrogen) atoms. The zero-order valence-electron chi connectivity index (χ0n) is 7.05. The molecule has 0 amide bonds. The third-order valence-corrected chi connectivity index (χ3v) is 2.97. The molecule has 2 nitrogen and oxygen atoms in total. The standard InChI is InChI=1S/C9H6BrClN2.ClH/c10-9-6-3-5(11)1-2-8(6)13-4-7(9)12;/h1-4H,12H2;1H/p+1. The SMILES string of the molecule is Cl.Nc1c[nH+]c2ccc(Cl)cc2c1Br. The van der Waals surface area contributed by atoms with Gasteiger partial charge in [-0.05, 0) is 28.1 Å². The quantitative estimate of drug-likeness (QED) is 0.797. The largest absolute Gasteiger partial charge is 0.393 e. The van der Waals surface area contributed by atoms with E-state index >= 15 is 0 Å². The summed E-state index contributed by atoms with van der Waals surface area (Å²) in [6, 6.07) is 5.62. The van der Waals surface area contributed by atoms with E-state index in [9.17, 15) is 0 Å². The molecule has 1 aromatic carbocycles. The van der Waals surface area contributed by atoms with Gasteiger partial charge in [-0.3, -0.25) is 0 Å². The van der Waals surface area contributed by atoms with Crippen LogP contribution in [-0.2, 0) is 0 Å². The molecule has 0 atom stereocenters. The van der Waals surface area contributed by atoms with Gasteiger partial charge in [0, 0.05) is 11.1 Å². The van der Waals surface area contributed by atoms with Gasteiger partial charge in [0.15, 0.2) is 6.20 Å². The van der Waals surface area contributed by atoms with Gasteiger partial charge < -0.3 is 5.73 Å². The molecular weight excluding hydrogens is 287 g/mol. The number of anilines is 1. The predicted octanol–water partition coefficient (Wildman–Crippen LogP) is 3.07. The number of aromatic nitrogens is 1. The molecule has 0 unspecified atom stereocenters. The Morgan fingerprint density at radius 2 is 2.07 bits per heavy atom. The van der Waals surface area contributed by atoms with Crippen LogP contribution in [0.3, 0.4) is 0 Å². The molecule has 74 valence electrons. The second-order valence-electron chi connectivity index (χ2n) is 2.75. The summed E-state index contributed by atoms with van der Waals surface area (Å²) in [4.78, 5) is 3.07. The second kappa shape index (κ2) is 4.34. The van der Waals surface area contributed by atoms with Crippen LogP contribution in [0.5, 0.6) is 0 Å². The van der Waals surface area contributed by atoms with E-state index in [1.165, 1.54) is 0 Å². The van der Waals surface area contributed by atoms with E-state index in [1.807, 2.05) is 18.2 Å². The number of rotatable bonds is 0. The van der Waals surface area contributed by atoms with Crippen molar-refractivity contribution in [1.82, 2.24) is 0 Å². The van der Waals surface area contributed by atoms with Crippen LogP contribution in [0, 0.1) is 0 Å². The van der Waals surface area contributed by atoms with Crippen molar-refractivity contribution in [3.63, 3.8) is 0 Å². The highest BCUT2D eigenvalue weighted by atomic mass is 79.9. The fourth-order valence-electron chi connectivity index (χ4n) is 1.20.